The first-order chi connectivity index (χ1) is 10.0. The molecule has 0 heterocycles. The van der Waals surface area contributed by atoms with Crippen LogP contribution in [0.4, 0.5) is 8.78 Å². The van der Waals surface area contributed by atoms with E-state index in [0.717, 1.165) is 24.2 Å². The highest BCUT2D eigenvalue weighted by Crippen LogP contribution is 2.62. The van der Waals surface area contributed by atoms with Crippen LogP contribution in [0.25, 0.3) is 0 Å². The zero-order valence-electron chi connectivity index (χ0n) is 12.3. The molecular weight excluding hydrogens is 268 g/mol. The number of hydrogen-bond donors (Lipinski definition) is 1. The Hall–Kier alpha value is -0.960. The molecule has 1 nitrogen and oxygen atoms in total. The second kappa shape index (κ2) is 4.77. The number of halogens is 2. The minimum Gasteiger partial charge on any atom is -0.324 e. The molecule has 1 aromatic rings. The highest BCUT2D eigenvalue weighted by molar-refractivity contribution is 5.23. The molecule has 0 spiro atoms. The average Bonchev–Trinajstić information content (AvgIpc) is 2.35. The van der Waals surface area contributed by atoms with E-state index in [-0.39, 0.29) is 11.0 Å². The Kier molecular flexibility index (Phi) is 3.11. The quantitative estimate of drug-likeness (QED) is 0.867. The van der Waals surface area contributed by atoms with Gasteiger partial charge in [-0.1, -0.05) is 6.07 Å². The molecule has 5 rings (SSSR count). The van der Waals surface area contributed by atoms with Crippen LogP contribution < -0.4 is 5.73 Å². The largest absolute Gasteiger partial charge is 0.324 e. The van der Waals surface area contributed by atoms with E-state index in [9.17, 15) is 8.78 Å². The van der Waals surface area contributed by atoms with E-state index in [1.807, 2.05) is 0 Å². The van der Waals surface area contributed by atoms with Gasteiger partial charge in [-0.2, -0.15) is 0 Å². The summed E-state index contributed by atoms with van der Waals surface area (Å²) in [6.45, 7) is 0. The Labute approximate surface area is 124 Å². The Bertz CT molecular complexity index is 499. The van der Waals surface area contributed by atoms with Gasteiger partial charge < -0.3 is 5.73 Å². The molecule has 114 valence electrons. The molecule has 0 aromatic heterocycles. The Balaban J connectivity index is 1.58. The SMILES string of the molecule is NC(CC12CC3CC(CC(C3)C1)C2)c1c(F)cccc1F. The molecule has 0 amide bonds. The highest BCUT2D eigenvalue weighted by atomic mass is 19.1. The van der Waals surface area contributed by atoms with Crippen molar-refractivity contribution >= 4 is 0 Å². The van der Waals surface area contributed by atoms with Crippen molar-refractivity contribution < 1.29 is 8.78 Å². The maximum atomic E-state index is 13.9. The molecule has 0 aliphatic heterocycles. The van der Waals surface area contributed by atoms with Crippen LogP contribution in [0, 0.1) is 34.8 Å². The number of hydrogen-bond acceptors (Lipinski definition) is 1. The van der Waals surface area contributed by atoms with Crippen LogP contribution in [0.3, 0.4) is 0 Å². The summed E-state index contributed by atoms with van der Waals surface area (Å²) in [6.07, 6.45) is 8.55. The number of benzene rings is 1. The van der Waals surface area contributed by atoms with Crippen molar-refractivity contribution in [3.63, 3.8) is 0 Å². The molecule has 1 aromatic carbocycles. The zero-order valence-corrected chi connectivity index (χ0v) is 12.3. The van der Waals surface area contributed by atoms with Crippen LogP contribution in [-0.4, -0.2) is 0 Å². The molecule has 4 saturated carbocycles. The van der Waals surface area contributed by atoms with Crippen molar-refractivity contribution in [2.24, 2.45) is 28.9 Å². The molecule has 1 unspecified atom stereocenters. The molecule has 0 radical (unpaired) electrons. The zero-order chi connectivity index (χ0) is 14.6. The first kappa shape index (κ1) is 13.7. The molecule has 1 atom stereocenters. The minimum atomic E-state index is -0.512. The summed E-state index contributed by atoms with van der Waals surface area (Å²) in [5.74, 6) is 1.54. The molecule has 4 aliphatic rings. The van der Waals surface area contributed by atoms with E-state index in [1.165, 1.54) is 56.7 Å². The Morgan fingerprint density at radius 1 is 1.00 bits per heavy atom. The third-order valence-electron chi connectivity index (χ3n) is 6.19. The lowest BCUT2D eigenvalue weighted by Gasteiger charge is -2.57. The first-order valence-electron chi connectivity index (χ1n) is 8.24. The third-order valence-corrected chi connectivity index (χ3v) is 6.19. The van der Waals surface area contributed by atoms with E-state index >= 15 is 0 Å². The summed E-state index contributed by atoms with van der Waals surface area (Å²) in [7, 11) is 0. The summed E-state index contributed by atoms with van der Waals surface area (Å²) in [5, 5.41) is 0. The van der Waals surface area contributed by atoms with Crippen molar-refractivity contribution in [3.05, 3.63) is 35.4 Å². The van der Waals surface area contributed by atoms with Gasteiger partial charge in [-0.15, -0.1) is 0 Å². The van der Waals surface area contributed by atoms with E-state index < -0.39 is 17.7 Å². The predicted molar refractivity (Wildman–Crippen MR) is 78.5 cm³/mol. The van der Waals surface area contributed by atoms with Gasteiger partial charge in [0.2, 0.25) is 0 Å². The second-order valence-corrected chi connectivity index (χ2v) is 7.86. The standard InChI is InChI=1S/C18H23F2N/c19-14-2-1-3-15(20)17(14)16(21)10-18-7-11-4-12(8-18)6-13(5-11)9-18/h1-3,11-13,16H,4-10,21H2. The predicted octanol–water partition coefficient (Wildman–Crippen LogP) is 4.57. The molecule has 4 fully saturated rings. The maximum Gasteiger partial charge on any atom is 0.130 e. The molecule has 0 saturated heterocycles. The van der Waals surface area contributed by atoms with Gasteiger partial charge in [-0.05, 0) is 80.2 Å². The normalized spacial score (nSPS) is 38.7. The van der Waals surface area contributed by atoms with Crippen LogP contribution in [-0.2, 0) is 0 Å². The van der Waals surface area contributed by atoms with Crippen molar-refractivity contribution in [1.82, 2.24) is 0 Å². The van der Waals surface area contributed by atoms with Crippen LogP contribution in [0.1, 0.15) is 56.6 Å². The fourth-order valence-electron chi connectivity index (χ4n) is 5.97. The van der Waals surface area contributed by atoms with Gasteiger partial charge in [0.1, 0.15) is 11.6 Å². The van der Waals surface area contributed by atoms with E-state index in [1.54, 1.807) is 0 Å². The van der Waals surface area contributed by atoms with E-state index in [4.69, 9.17) is 5.73 Å². The van der Waals surface area contributed by atoms with E-state index in [0.29, 0.717) is 0 Å². The lowest BCUT2D eigenvalue weighted by molar-refractivity contribution is -0.0607. The fourth-order valence-corrected chi connectivity index (χ4v) is 5.97. The number of nitrogens with two attached hydrogens (primary N) is 1. The molecule has 21 heavy (non-hydrogen) atoms. The lowest BCUT2D eigenvalue weighted by atomic mass is 9.48. The molecule has 3 heteroatoms. The monoisotopic (exact) mass is 291 g/mol. The van der Waals surface area contributed by atoms with Gasteiger partial charge in [-0.25, -0.2) is 8.78 Å². The smallest absolute Gasteiger partial charge is 0.130 e. The summed E-state index contributed by atoms with van der Waals surface area (Å²) in [4.78, 5) is 0. The van der Waals surface area contributed by atoms with Crippen LogP contribution in [0.5, 0.6) is 0 Å². The Morgan fingerprint density at radius 2 is 1.48 bits per heavy atom. The van der Waals surface area contributed by atoms with Crippen LogP contribution in [0.15, 0.2) is 18.2 Å². The van der Waals surface area contributed by atoms with Gasteiger partial charge in [0, 0.05) is 11.6 Å². The average molecular weight is 291 g/mol. The van der Waals surface area contributed by atoms with Crippen molar-refractivity contribution in [3.8, 4) is 0 Å². The minimum absolute atomic E-state index is 0.0910. The summed E-state index contributed by atoms with van der Waals surface area (Å²) in [6, 6.07) is 3.53. The number of rotatable bonds is 3. The summed E-state index contributed by atoms with van der Waals surface area (Å²) in [5.41, 5.74) is 6.58. The summed E-state index contributed by atoms with van der Waals surface area (Å²) >= 11 is 0. The highest BCUT2D eigenvalue weighted by Gasteiger charge is 2.51. The first-order valence-corrected chi connectivity index (χ1v) is 8.24. The van der Waals surface area contributed by atoms with Gasteiger partial charge in [0.05, 0.1) is 0 Å². The second-order valence-electron chi connectivity index (χ2n) is 7.86. The topological polar surface area (TPSA) is 26.0 Å². The maximum absolute atomic E-state index is 13.9. The van der Waals surface area contributed by atoms with Gasteiger partial charge in [-0.3, -0.25) is 0 Å². The molecule has 4 aliphatic carbocycles. The van der Waals surface area contributed by atoms with Crippen molar-refractivity contribution in [2.75, 3.05) is 0 Å². The molecular formula is C18H23F2N. The van der Waals surface area contributed by atoms with Gasteiger partial charge in [0.25, 0.3) is 0 Å². The fraction of sp³-hybridized carbons (Fsp3) is 0.667. The van der Waals surface area contributed by atoms with Crippen LogP contribution in [0.2, 0.25) is 0 Å². The van der Waals surface area contributed by atoms with Crippen LogP contribution >= 0.6 is 0 Å². The third kappa shape index (κ3) is 2.30. The molecule has 2 N–H and O–H groups in total. The van der Waals surface area contributed by atoms with Crippen molar-refractivity contribution in [1.29, 1.82) is 0 Å². The lowest BCUT2D eigenvalue weighted by Crippen LogP contribution is -2.47. The Morgan fingerprint density at radius 3 is 1.95 bits per heavy atom. The van der Waals surface area contributed by atoms with Crippen molar-refractivity contribution in [2.45, 2.75) is 51.0 Å². The summed E-state index contributed by atoms with van der Waals surface area (Å²) < 4.78 is 27.9. The van der Waals surface area contributed by atoms with Gasteiger partial charge >= 0.3 is 0 Å². The van der Waals surface area contributed by atoms with Gasteiger partial charge in [0.15, 0.2) is 0 Å². The van der Waals surface area contributed by atoms with E-state index in [2.05, 4.69) is 0 Å². The molecule has 4 bridgehead atoms.